The fraction of sp³-hybridized carbons (Fsp3) is 0.909. The Balaban J connectivity index is 2.29. The predicted octanol–water partition coefficient (Wildman–Crippen LogP) is 0.389. The van der Waals surface area contributed by atoms with Crippen LogP contribution in [-0.4, -0.2) is 29.2 Å². The van der Waals surface area contributed by atoms with Gasteiger partial charge in [0.15, 0.2) is 0 Å². The van der Waals surface area contributed by atoms with Crippen molar-refractivity contribution in [2.45, 2.75) is 57.7 Å². The van der Waals surface area contributed by atoms with Gasteiger partial charge in [0.2, 0.25) is 5.91 Å². The molecule has 1 rings (SSSR count). The molecule has 0 radical (unpaired) electrons. The Bertz CT molecular complexity index is 219. The molecule has 4 unspecified atom stereocenters. The van der Waals surface area contributed by atoms with Gasteiger partial charge < -0.3 is 16.2 Å². The standard InChI is InChI=1S/C11H22N2O2/c1-7(5-8(2)14)13-11(15)9-3-4-10(12)6-9/h7-10,14H,3-6,12H2,1-2H3,(H,13,15). The lowest BCUT2D eigenvalue weighted by Crippen LogP contribution is -2.38. The van der Waals surface area contributed by atoms with E-state index < -0.39 is 0 Å². The van der Waals surface area contributed by atoms with Gasteiger partial charge in [-0.05, 0) is 39.5 Å². The molecule has 4 heteroatoms. The van der Waals surface area contributed by atoms with E-state index in [1.54, 1.807) is 6.92 Å². The second-order valence-electron chi connectivity index (χ2n) is 4.76. The summed E-state index contributed by atoms with van der Waals surface area (Å²) in [6.07, 6.45) is 2.88. The summed E-state index contributed by atoms with van der Waals surface area (Å²) in [5.74, 6) is 0.174. The van der Waals surface area contributed by atoms with Crippen LogP contribution in [0.3, 0.4) is 0 Å². The van der Waals surface area contributed by atoms with E-state index in [1.807, 2.05) is 6.92 Å². The van der Waals surface area contributed by atoms with Gasteiger partial charge in [-0.3, -0.25) is 4.79 Å². The molecule has 1 aliphatic carbocycles. The number of rotatable bonds is 4. The highest BCUT2D eigenvalue weighted by Crippen LogP contribution is 2.24. The molecule has 0 bridgehead atoms. The second kappa shape index (κ2) is 5.47. The van der Waals surface area contributed by atoms with Crippen molar-refractivity contribution in [3.8, 4) is 0 Å². The van der Waals surface area contributed by atoms with Crippen LogP contribution in [0.25, 0.3) is 0 Å². The zero-order chi connectivity index (χ0) is 11.4. The van der Waals surface area contributed by atoms with E-state index in [9.17, 15) is 9.90 Å². The third kappa shape index (κ3) is 4.18. The van der Waals surface area contributed by atoms with Crippen molar-refractivity contribution in [3.05, 3.63) is 0 Å². The van der Waals surface area contributed by atoms with E-state index in [4.69, 9.17) is 5.73 Å². The number of hydrogen-bond donors (Lipinski definition) is 3. The summed E-state index contributed by atoms with van der Waals surface area (Å²) in [7, 11) is 0. The quantitative estimate of drug-likeness (QED) is 0.633. The van der Waals surface area contributed by atoms with E-state index in [-0.39, 0.29) is 30.0 Å². The van der Waals surface area contributed by atoms with Gasteiger partial charge >= 0.3 is 0 Å². The van der Waals surface area contributed by atoms with Crippen LogP contribution in [0.5, 0.6) is 0 Å². The van der Waals surface area contributed by atoms with Gasteiger partial charge in [-0.25, -0.2) is 0 Å². The lowest BCUT2D eigenvalue weighted by Gasteiger charge is -2.18. The fourth-order valence-corrected chi connectivity index (χ4v) is 2.19. The van der Waals surface area contributed by atoms with Gasteiger partial charge in [0.25, 0.3) is 0 Å². The summed E-state index contributed by atoms with van der Waals surface area (Å²) >= 11 is 0. The zero-order valence-corrected chi connectivity index (χ0v) is 9.57. The fourth-order valence-electron chi connectivity index (χ4n) is 2.19. The van der Waals surface area contributed by atoms with Gasteiger partial charge in [-0.15, -0.1) is 0 Å². The van der Waals surface area contributed by atoms with Crippen LogP contribution in [0.1, 0.15) is 39.5 Å². The first-order chi connectivity index (χ1) is 6.99. The Morgan fingerprint density at radius 3 is 2.67 bits per heavy atom. The van der Waals surface area contributed by atoms with Crippen molar-refractivity contribution in [2.24, 2.45) is 11.7 Å². The molecule has 1 saturated carbocycles. The molecule has 1 amide bonds. The smallest absolute Gasteiger partial charge is 0.223 e. The van der Waals surface area contributed by atoms with Crippen molar-refractivity contribution in [3.63, 3.8) is 0 Å². The highest BCUT2D eigenvalue weighted by Gasteiger charge is 2.28. The Morgan fingerprint density at radius 1 is 1.53 bits per heavy atom. The van der Waals surface area contributed by atoms with Crippen molar-refractivity contribution >= 4 is 5.91 Å². The minimum Gasteiger partial charge on any atom is -0.393 e. The van der Waals surface area contributed by atoms with Crippen LogP contribution in [0.2, 0.25) is 0 Å². The molecule has 0 spiro atoms. The predicted molar refractivity (Wildman–Crippen MR) is 59.2 cm³/mol. The maximum absolute atomic E-state index is 11.7. The maximum atomic E-state index is 11.7. The van der Waals surface area contributed by atoms with Gasteiger partial charge in [0, 0.05) is 18.0 Å². The summed E-state index contributed by atoms with van der Waals surface area (Å²) < 4.78 is 0. The molecule has 1 fully saturated rings. The first-order valence-electron chi connectivity index (χ1n) is 5.73. The molecule has 88 valence electrons. The Kier molecular flexibility index (Phi) is 4.54. The molecule has 0 heterocycles. The number of amides is 1. The van der Waals surface area contributed by atoms with Crippen LogP contribution in [0.4, 0.5) is 0 Å². The third-order valence-electron chi connectivity index (χ3n) is 2.93. The van der Waals surface area contributed by atoms with Crippen LogP contribution < -0.4 is 11.1 Å². The third-order valence-corrected chi connectivity index (χ3v) is 2.93. The summed E-state index contributed by atoms with van der Waals surface area (Å²) in [6, 6.07) is 0.224. The summed E-state index contributed by atoms with van der Waals surface area (Å²) in [6.45, 7) is 3.65. The Hall–Kier alpha value is -0.610. The lowest BCUT2D eigenvalue weighted by atomic mass is 10.1. The average molecular weight is 214 g/mol. The maximum Gasteiger partial charge on any atom is 0.223 e. The largest absolute Gasteiger partial charge is 0.393 e. The van der Waals surface area contributed by atoms with E-state index >= 15 is 0 Å². The van der Waals surface area contributed by atoms with E-state index in [0.717, 1.165) is 19.3 Å². The van der Waals surface area contributed by atoms with Crippen molar-refractivity contribution in [1.82, 2.24) is 5.32 Å². The average Bonchev–Trinajstić information content (AvgIpc) is 2.49. The molecule has 4 N–H and O–H groups in total. The first-order valence-corrected chi connectivity index (χ1v) is 5.73. The number of nitrogens with two attached hydrogens (primary N) is 1. The molecule has 0 aromatic heterocycles. The molecule has 1 aliphatic rings. The highest BCUT2D eigenvalue weighted by atomic mass is 16.3. The minimum absolute atomic E-state index is 0.0364. The summed E-state index contributed by atoms with van der Waals surface area (Å²) in [5, 5.41) is 12.1. The van der Waals surface area contributed by atoms with Crippen LogP contribution in [0.15, 0.2) is 0 Å². The number of carbonyl (C=O) groups is 1. The van der Waals surface area contributed by atoms with Gasteiger partial charge in [-0.1, -0.05) is 0 Å². The number of hydrogen-bond acceptors (Lipinski definition) is 3. The zero-order valence-electron chi connectivity index (χ0n) is 9.57. The van der Waals surface area contributed by atoms with E-state index in [1.165, 1.54) is 0 Å². The van der Waals surface area contributed by atoms with E-state index in [0.29, 0.717) is 6.42 Å². The van der Waals surface area contributed by atoms with Gasteiger partial charge in [0.05, 0.1) is 6.10 Å². The second-order valence-corrected chi connectivity index (χ2v) is 4.76. The van der Waals surface area contributed by atoms with Crippen LogP contribution in [-0.2, 0) is 4.79 Å². The number of aliphatic hydroxyl groups is 1. The molecular formula is C11H22N2O2. The van der Waals surface area contributed by atoms with E-state index in [2.05, 4.69) is 5.32 Å². The topological polar surface area (TPSA) is 75.3 Å². The van der Waals surface area contributed by atoms with Crippen LogP contribution >= 0.6 is 0 Å². The molecule has 0 aromatic rings. The number of aliphatic hydroxyl groups excluding tert-OH is 1. The SMILES string of the molecule is CC(O)CC(C)NC(=O)C1CCC(N)C1. The molecular weight excluding hydrogens is 192 g/mol. The summed E-state index contributed by atoms with van der Waals surface area (Å²) in [4.78, 5) is 11.7. The first kappa shape index (κ1) is 12.5. The molecule has 0 saturated heterocycles. The van der Waals surface area contributed by atoms with Gasteiger partial charge in [0.1, 0.15) is 0 Å². The number of carbonyl (C=O) groups excluding carboxylic acids is 1. The van der Waals surface area contributed by atoms with Crippen molar-refractivity contribution < 1.29 is 9.90 Å². The monoisotopic (exact) mass is 214 g/mol. The molecule has 0 aromatic carbocycles. The molecule has 15 heavy (non-hydrogen) atoms. The summed E-state index contributed by atoms with van der Waals surface area (Å²) in [5.41, 5.74) is 5.75. The van der Waals surface area contributed by atoms with Crippen molar-refractivity contribution in [1.29, 1.82) is 0 Å². The Morgan fingerprint density at radius 2 is 2.20 bits per heavy atom. The number of nitrogens with one attached hydrogen (secondary N) is 1. The highest BCUT2D eigenvalue weighted by molar-refractivity contribution is 5.79. The Labute approximate surface area is 91.2 Å². The molecule has 0 aliphatic heterocycles. The van der Waals surface area contributed by atoms with Crippen molar-refractivity contribution in [2.75, 3.05) is 0 Å². The van der Waals surface area contributed by atoms with Crippen LogP contribution in [0, 0.1) is 5.92 Å². The molecule has 4 nitrogen and oxygen atoms in total. The normalized spacial score (nSPS) is 29.9. The molecule has 4 atom stereocenters. The van der Waals surface area contributed by atoms with Gasteiger partial charge in [-0.2, -0.15) is 0 Å². The lowest BCUT2D eigenvalue weighted by molar-refractivity contribution is -0.125. The minimum atomic E-state index is -0.369.